The van der Waals surface area contributed by atoms with Gasteiger partial charge in [0.25, 0.3) is 0 Å². The van der Waals surface area contributed by atoms with Gasteiger partial charge < -0.3 is 14.8 Å². The van der Waals surface area contributed by atoms with E-state index in [0.717, 1.165) is 22.1 Å². The molecule has 106 valence electrons. The number of aromatic carboxylic acids is 1. The van der Waals surface area contributed by atoms with Crippen molar-refractivity contribution in [1.82, 2.24) is 0 Å². The molecule has 0 atom stereocenters. The second kappa shape index (κ2) is 6.13. The number of carboxylic acids is 1. The van der Waals surface area contributed by atoms with Crippen LogP contribution in [0, 0.1) is 6.92 Å². The van der Waals surface area contributed by atoms with Crippen LogP contribution in [0.3, 0.4) is 0 Å². The summed E-state index contributed by atoms with van der Waals surface area (Å²) < 4.78 is 6.24. The molecule has 1 aromatic carbocycles. The minimum atomic E-state index is -1.04. The molecular weight excluding hydrogens is 322 g/mol. The third kappa shape index (κ3) is 3.22. The Hall–Kier alpha value is -1.75. The SMILES string of the molecule is CCc1cc(Br)ccc1NCc1cc(C(=O)O)oc1C. The van der Waals surface area contributed by atoms with Crippen LogP contribution in [0.5, 0.6) is 0 Å². The van der Waals surface area contributed by atoms with Crippen molar-refractivity contribution in [1.29, 1.82) is 0 Å². The monoisotopic (exact) mass is 337 g/mol. The Labute approximate surface area is 125 Å². The van der Waals surface area contributed by atoms with Gasteiger partial charge in [-0.15, -0.1) is 0 Å². The quantitative estimate of drug-likeness (QED) is 0.857. The van der Waals surface area contributed by atoms with Crippen LogP contribution in [0.15, 0.2) is 33.2 Å². The molecule has 0 aliphatic carbocycles. The molecule has 0 aliphatic heterocycles. The van der Waals surface area contributed by atoms with E-state index in [2.05, 4.69) is 34.2 Å². The Balaban J connectivity index is 2.14. The number of nitrogens with one attached hydrogen (secondary N) is 1. The number of hydrogen-bond acceptors (Lipinski definition) is 3. The van der Waals surface area contributed by atoms with Crippen molar-refractivity contribution in [3.63, 3.8) is 0 Å². The number of carbonyl (C=O) groups is 1. The zero-order valence-corrected chi connectivity index (χ0v) is 13.0. The van der Waals surface area contributed by atoms with Gasteiger partial charge in [0.15, 0.2) is 0 Å². The molecule has 1 aromatic heterocycles. The fourth-order valence-electron chi connectivity index (χ4n) is 2.02. The smallest absolute Gasteiger partial charge is 0.371 e. The summed E-state index contributed by atoms with van der Waals surface area (Å²) in [7, 11) is 0. The molecule has 0 spiro atoms. The minimum absolute atomic E-state index is 0.0224. The molecule has 2 rings (SSSR count). The number of furan rings is 1. The number of halogens is 1. The van der Waals surface area contributed by atoms with Crippen molar-refractivity contribution < 1.29 is 14.3 Å². The van der Waals surface area contributed by atoms with Crippen molar-refractivity contribution >= 4 is 27.6 Å². The van der Waals surface area contributed by atoms with Gasteiger partial charge in [-0.1, -0.05) is 22.9 Å². The molecule has 0 aliphatic rings. The molecule has 0 radical (unpaired) electrons. The van der Waals surface area contributed by atoms with Crippen LogP contribution in [0.2, 0.25) is 0 Å². The van der Waals surface area contributed by atoms with Gasteiger partial charge in [-0.3, -0.25) is 0 Å². The van der Waals surface area contributed by atoms with Gasteiger partial charge in [-0.05, 0) is 43.2 Å². The first-order valence-corrected chi connectivity index (χ1v) is 7.15. The highest BCUT2D eigenvalue weighted by molar-refractivity contribution is 9.10. The van der Waals surface area contributed by atoms with E-state index in [4.69, 9.17) is 9.52 Å². The molecule has 0 unspecified atom stereocenters. The number of anilines is 1. The van der Waals surface area contributed by atoms with E-state index in [-0.39, 0.29) is 5.76 Å². The van der Waals surface area contributed by atoms with Gasteiger partial charge in [0, 0.05) is 22.3 Å². The third-order valence-electron chi connectivity index (χ3n) is 3.15. The molecular formula is C15H16BrNO3. The van der Waals surface area contributed by atoms with Crippen LogP contribution in [0.25, 0.3) is 0 Å². The lowest BCUT2D eigenvalue weighted by Crippen LogP contribution is -2.02. The maximum atomic E-state index is 10.9. The number of rotatable bonds is 5. The molecule has 0 fully saturated rings. The van der Waals surface area contributed by atoms with Gasteiger partial charge >= 0.3 is 5.97 Å². The Bertz CT molecular complexity index is 634. The summed E-state index contributed by atoms with van der Waals surface area (Å²) >= 11 is 3.46. The first-order chi connectivity index (χ1) is 9.51. The summed E-state index contributed by atoms with van der Waals surface area (Å²) in [5.74, 6) is -0.437. The van der Waals surface area contributed by atoms with E-state index in [0.29, 0.717) is 12.3 Å². The van der Waals surface area contributed by atoms with Gasteiger partial charge in [0.2, 0.25) is 5.76 Å². The minimum Gasteiger partial charge on any atom is -0.475 e. The average Bonchev–Trinajstić information content (AvgIpc) is 2.79. The topological polar surface area (TPSA) is 62.5 Å². The summed E-state index contributed by atoms with van der Waals surface area (Å²) in [5.41, 5.74) is 3.11. The van der Waals surface area contributed by atoms with Crippen molar-refractivity contribution in [2.24, 2.45) is 0 Å². The largest absolute Gasteiger partial charge is 0.475 e. The normalized spacial score (nSPS) is 10.6. The van der Waals surface area contributed by atoms with E-state index < -0.39 is 5.97 Å². The lowest BCUT2D eigenvalue weighted by Gasteiger charge is -2.11. The molecule has 20 heavy (non-hydrogen) atoms. The highest BCUT2D eigenvalue weighted by Gasteiger charge is 2.13. The molecule has 0 amide bonds. The van der Waals surface area contributed by atoms with Crippen LogP contribution in [-0.2, 0) is 13.0 Å². The van der Waals surface area contributed by atoms with Crippen LogP contribution < -0.4 is 5.32 Å². The van der Waals surface area contributed by atoms with Crippen molar-refractivity contribution in [2.75, 3.05) is 5.32 Å². The lowest BCUT2D eigenvalue weighted by molar-refractivity contribution is 0.0661. The van der Waals surface area contributed by atoms with Crippen LogP contribution in [0.1, 0.15) is 34.4 Å². The molecule has 2 N–H and O–H groups in total. The first-order valence-electron chi connectivity index (χ1n) is 6.36. The predicted molar refractivity (Wildman–Crippen MR) is 81.3 cm³/mol. The average molecular weight is 338 g/mol. The van der Waals surface area contributed by atoms with Crippen LogP contribution in [0.4, 0.5) is 5.69 Å². The third-order valence-corrected chi connectivity index (χ3v) is 3.64. The van der Waals surface area contributed by atoms with E-state index >= 15 is 0 Å². The number of benzene rings is 1. The molecule has 0 saturated heterocycles. The molecule has 1 heterocycles. The molecule has 4 nitrogen and oxygen atoms in total. The van der Waals surface area contributed by atoms with Crippen LogP contribution >= 0.6 is 15.9 Å². The van der Waals surface area contributed by atoms with Gasteiger partial charge in [-0.2, -0.15) is 0 Å². The highest BCUT2D eigenvalue weighted by atomic mass is 79.9. The molecule has 2 aromatic rings. The van der Waals surface area contributed by atoms with E-state index in [9.17, 15) is 4.79 Å². The van der Waals surface area contributed by atoms with Crippen molar-refractivity contribution in [2.45, 2.75) is 26.8 Å². The summed E-state index contributed by atoms with van der Waals surface area (Å²) in [6.07, 6.45) is 0.923. The summed E-state index contributed by atoms with van der Waals surface area (Å²) in [4.78, 5) is 10.9. The van der Waals surface area contributed by atoms with Crippen molar-refractivity contribution in [3.8, 4) is 0 Å². The number of aryl methyl sites for hydroxylation is 2. The Kier molecular flexibility index (Phi) is 4.49. The summed E-state index contributed by atoms with van der Waals surface area (Å²) in [6.45, 7) is 4.40. The fourth-order valence-corrected chi connectivity index (χ4v) is 2.43. The zero-order valence-electron chi connectivity index (χ0n) is 11.4. The van der Waals surface area contributed by atoms with Crippen LogP contribution in [-0.4, -0.2) is 11.1 Å². The first kappa shape index (κ1) is 14.7. The van der Waals surface area contributed by atoms with Gasteiger partial charge in [0.05, 0.1) is 0 Å². The Morgan fingerprint density at radius 2 is 2.10 bits per heavy atom. The standard InChI is InChI=1S/C15H16BrNO3/c1-3-10-6-12(16)4-5-13(10)17-8-11-7-14(15(18)19)20-9(11)2/h4-7,17H,3,8H2,1-2H3,(H,18,19). The molecule has 5 heteroatoms. The maximum Gasteiger partial charge on any atom is 0.371 e. The second-order valence-corrected chi connectivity index (χ2v) is 5.42. The number of hydrogen-bond donors (Lipinski definition) is 2. The summed E-state index contributed by atoms with van der Waals surface area (Å²) in [5, 5.41) is 12.2. The second-order valence-electron chi connectivity index (χ2n) is 4.51. The van der Waals surface area contributed by atoms with E-state index in [1.807, 2.05) is 12.1 Å². The highest BCUT2D eigenvalue weighted by Crippen LogP contribution is 2.23. The molecule has 0 saturated carbocycles. The lowest BCUT2D eigenvalue weighted by atomic mass is 10.1. The van der Waals surface area contributed by atoms with Gasteiger partial charge in [-0.25, -0.2) is 4.79 Å². The Morgan fingerprint density at radius 3 is 2.70 bits per heavy atom. The fraction of sp³-hybridized carbons (Fsp3) is 0.267. The van der Waals surface area contributed by atoms with E-state index in [1.54, 1.807) is 13.0 Å². The number of carboxylic acid groups (broad SMARTS) is 1. The van der Waals surface area contributed by atoms with E-state index in [1.165, 1.54) is 5.56 Å². The maximum absolute atomic E-state index is 10.9. The molecule has 0 bridgehead atoms. The van der Waals surface area contributed by atoms with Crippen molar-refractivity contribution in [3.05, 3.63) is 51.4 Å². The zero-order chi connectivity index (χ0) is 14.7. The Morgan fingerprint density at radius 1 is 1.35 bits per heavy atom. The predicted octanol–water partition coefficient (Wildman–Crippen LogP) is 4.22. The van der Waals surface area contributed by atoms with Gasteiger partial charge in [0.1, 0.15) is 5.76 Å². The summed E-state index contributed by atoms with van der Waals surface area (Å²) in [6, 6.07) is 7.63.